The number of benzene rings is 2. The van der Waals surface area contributed by atoms with Gasteiger partial charge in [0.2, 0.25) is 0 Å². The van der Waals surface area contributed by atoms with Crippen molar-refractivity contribution in [2.24, 2.45) is 0 Å². The van der Waals surface area contributed by atoms with Gasteiger partial charge in [0.15, 0.2) is 17.4 Å². The zero-order valence-electron chi connectivity index (χ0n) is 17.7. The fourth-order valence-electron chi connectivity index (χ4n) is 4.03. The Bertz CT molecular complexity index is 1390. The van der Waals surface area contributed by atoms with Crippen molar-refractivity contribution in [2.45, 2.75) is 25.8 Å². The first-order valence-electron chi connectivity index (χ1n) is 10.4. The lowest BCUT2D eigenvalue weighted by molar-refractivity contribution is 0.0990. The lowest BCUT2D eigenvalue weighted by atomic mass is 10.1. The van der Waals surface area contributed by atoms with Gasteiger partial charge in [-0.15, -0.1) is 10.2 Å². The van der Waals surface area contributed by atoms with Gasteiger partial charge >= 0.3 is 0 Å². The number of aromatic nitrogens is 5. The number of hydrogen-bond acceptors (Lipinski definition) is 7. The molecule has 0 N–H and O–H groups in total. The summed E-state index contributed by atoms with van der Waals surface area (Å²) in [5.41, 5.74) is 2.38. The van der Waals surface area contributed by atoms with Crippen molar-refractivity contribution in [3.05, 3.63) is 89.6 Å². The van der Waals surface area contributed by atoms with E-state index < -0.39 is 5.82 Å². The number of anilines is 2. The summed E-state index contributed by atoms with van der Waals surface area (Å²) in [5.74, 6) is 1.08. The van der Waals surface area contributed by atoms with Gasteiger partial charge in [-0.05, 0) is 48.9 Å². The minimum Gasteiger partial charge on any atom is -0.314 e. The summed E-state index contributed by atoms with van der Waals surface area (Å²) in [6, 6.07) is 14.7. The molecule has 0 saturated heterocycles. The lowest BCUT2D eigenvalue weighted by Crippen LogP contribution is -2.32. The summed E-state index contributed by atoms with van der Waals surface area (Å²) >= 11 is 0. The molecule has 1 aliphatic heterocycles. The second-order valence-electron chi connectivity index (χ2n) is 7.62. The van der Waals surface area contributed by atoms with E-state index in [0.29, 0.717) is 34.9 Å². The Morgan fingerprint density at radius 2 is 2.03 bits per heavy atom. The first-order chi connectivity index (χ1) is 16.1. The molecule has 2 aromatic heterocycles. The van der Waals surface area contributed by atoms with Crippen LogP contribution in [0.4, 0.5) is 15.9 Å². The SMILES string of the molecule is CCC1c2nncn2-c2cnc(CC(=O)c3ccc(F)cc3)nc2N1c1cccc(C#N)c1. The van der Waals surface area contributed by atoms with E-state index in [1.54, 1.807) is 24.7 Å². The molecule has 0 radical (unpaired) electrons. The van der Waals surface area contributed by atoms with Crippen LogP contribution in [0.5, 0.6) is 0 Å². The molecule has 0 fully saturated rings. The van der Waals surface area contributed by atoms with Crippen molar-refractivity contribution in [3.8, 4) is 11.8 Å². The number of fused-ring (bicyclic) bond motifs is 3. The second kappa shape index (κ2) is 8.24. The van der Waals surface area contributed by atoms with Crippen LogP contribution in [0.3, 0.4) is 0 Å². The molecule has 0 amide bonds. The molecule has 1 unspecified atom stereocenters. The molecule has 0 aliphatic carbocycles. The van der Waals surface area contributed by atoms with Crippen molar-refractivity contribution < 1.29 is 9.18 Å². The minimum absolute atomic E-state index is 0.0309. The highest BCUT2D eigenvalue weighted by Crippen LogP contribution is 2.42. The van der Waals surface area contributed by atoms with E-state index in [2.05, 4.69) is 21.3 Å². The van der Waals surface area contributed by atoms with Crippen LogP contribution in [0.15, 0.2) is 61.1 Å². The predicted octanol–water partition coefficient (Wildman–Crippen LogP) is 4.10. The zero-order valence-corrected chi connectivity index (χ0v) is 17.7. The molecule has 4 aromatic rings. The Morgan fingerprint density at radius 3 is 2.79 bits per heavy atom. The van der Waals surface area contributed by atoms with Crippen molar-refractivity contribution in [1.82, 2.24) is 24.7 Å². The summed E-state index contributed by atoms with van der Waals surface area (Å²) in [6.45, 7) is 2.04. The molecule has 0 bridgehead atoms. The van der Waals surface area contributed by atoms with Gasteiger partial charge in [-0.3, -0.25) is 9.36 Å². The van der Waals surface area contributed by atoms with Gasteiger partial charge in [0, 0.05) is 11.3 Å². The van der Waals surface area contributed by atoms with E-state index in [1.807, 2.05) is 28.5 Å². The molecule has 8 nitrogen and oxygen atoms in total. The fourth-order valence-corrected chi connectivity index (χ4v) is 4.03. The van der Waals surface area contributed by atoms with E-state index in [9.17, 15) is 14.4 Å². The van der Waals surface area contributed by atoms with Gasteiger partial charge in [0.1, 0.15) is 23.7 Å². The van der Waals surface area contributed by atoms with E-state index in [-0.39, 0.29) is 18.2 Å². The fraction of sp³-hybridized carbons (Fsp3) is 0.167. The van der Waals surface area contributed by atoms with Crippen LogP contribution in [0.25, 0.3) is 5.69 Å². The number of halogens is 1. The van der Waals surface area contributed by atoms with Gasteiger partial charge in [0.05, 0.1) is 30.3 Å². The van der Waals surface area contributed by atoms with Crippen LogP contribution in [0.2, 0.25) is 0 Å². The molecule has 0 spiro atoms. The Morgan fingerprint density at radius 1 is 1.21 bits per heavy atom. The largest absolute Gasteiger partial charge is 0.314 e. The number of carbonyl (C=O) groups is 1. The van der Waals surface area contributed by atoms with Crippen LogP contribution in [0, 0.1) is 17.1 Å². The normalized spacial score (nSPS) is 14.3. The highest BCUT2D eigenvalue weighted by atomic mass is 19.1. The van der Waals surface area contributed by atoms with Crippen LogP contribution in [-0.4, -0.2) is 30.5 Å². The minimum atomic E-state index is -0.401. The third-order valence-electron chi connectivity index (χ3n) is 5.60. The van der Waals surface area contributed by atoms with Crippen LogP contribution in [0.1, 0.15) is 47.0 Å². The second-order valence-corrected chi connectivity index (χ2v) is 7.62. The number of nitriles is 1. The molecule has 9 heteroatoms. The number of hydrogen-bond donors (Lipinski definition) is 0. The summed E-state index contributed by atoms with van der Waals surface area (Å²) in [4.78, 5) is 23.9. The summed E-state index contributed by atoms with van der Waals surface area (Å²) in [6.07, 6.45) is 3.95. The number of rotatable bonds is 5. The van der Waals surface area contributed by atoms with Crippen molar-refractivity contribution in [1.29, 1.82) is 5.26 Å². The Hall–Kier alpha value is -4.45. The van der Waals surface area contributed by atoms with Crippen LogP contribution >= 0.6 is 0 Å². The number of nitrogens with zero attached hydrogens (tertiary/aromatic N) is 7. The summed E-state index contributed by atoms with van der Waals surface area (Å²) in [7, 11) is 0. The Labute approximate surface area is 189 Å². The molecular weight excluding hydrogens is 421 g/mol. The highest BCUT2D eigenvalue weighted by molar-refractivity contribution is 5.97. The molecule has 162 valence electrons. The first-order valence-corrected chi connectivity index (χ1v) is 10.4. The standard InChI is InChI=1S/C24H18FN7O/c1-2-19-24-30-28-14-31(24)20-13-27-22(11-21(33)16-6-8-17(25)9-7-16)29-23(20)32(19)18-5-3-4-15(10-18)12-26/h3-10,13-14,19H,2,11H2,1H3. The summed E-state index contributed by atoms with van der Waals surface area (Å²) < 4.78 is 15.1. The quantitative estimate of drug-likeness (QED) is 0.432. The third kappa shape index (κ3) is 3.61. The van der Waals surface area contributed by atoms with Gasteiger partial charge in [-0.2, -0.15) is 5.26 Å². The van der Waals surface area contributed by atoms with E-state index >= 15 is 0 Å². The average molecular weight is 439 g/mol. The smallest absolute Gasteiger partial charge is 0.170 e. The van der Waals surface area contributed by atoms with Crippen molar-refractivity contribution in [3.63, 3.8) is 0 Å². The molecule has 33 heavy (non-hydrogen) atoms. The monoisotopic (exact) mass is 439 g/mol. The third-order valence-corrected chi connectivity index (χ3v) is 5.60. The summed E-state index contributed by atoms with van der Waals surface area (Å²) in [5, 5.41) is 17.8. The topological polar surface area (TPSA) is 101 Å². The molecule has 0 saturated carbocycles. The molecule has 3 heterocycles. The maximum Gasteiger partial charge on any atom is 0.170 e. The maximum absolute atomic E-state index is 13.2. The number of Topliss-reactive ketones (excluding diaryl/α,β-unsaturated/α-hetero) is 1. The number of ketones is 1. The molecule has 1 atom stereocenters. The molecule has 2 aromatic carbocycles. The predicted molar refractivity (Wildman–Crippen MR) is 118 cm³/mol. The lowest BCUT2D eigenvalue weighted by Gasteiger charge is -2.36. The molecule has 5 rings (SSSR count). The Balaban J connectivity index is 1.60. The van der Waals surface area contributed by atoms with Gasteiger partial charge < -0.3 is 4.90 Å². The maximum atomic E-state index is 13.2. The van der Waals surface area contributed by atoms with Gasteiger partial charge in [-0.1, -0.05) is 13.0 Å². The first kappa shape index (κ1) is 20.5. The van der Waals surface area contributed by atoms with Gasteiger partial charge in [-0.25, -0.2) is 14.4 Å². The highest BCUT2D eigenvalue weighted by Gasteiger charge is 2.34. The van der Waals surface area contributed by atoms with Crippen LogP contribution < -0.4 is 4.90 Å². The van der Waals surface area contributed by atoms with E-state index in [4.69, 9.17) is 4.98 Å². The average Bonchev–Trinajstić information content (AvgIpc) is 3.33. The van der Waals surface area contributed by atoms with Crippen molar-refractivity contribution in [2.75, 3.05) is 4.90 Å². The van der Waals surface area contributed by atoms with E-state index in [0.717, 1.165) is 11.5 Å². The molecule has 1 aliphatic rings. The molecular formula is C24H18FN7O. The van der Waals surface area contributed by atoms with E-state index in [1.165, 1.54) is 24.3 Å². The zero-order chi connectivity index (χ0) is 22.9. The number of carbonyl (C=O) groups excluding carboxylic acids is 1. The van der Waals surface area contributed by atoms with Gasteiger partial charge in [0.25, 0.3) is 0 Å². The Kier molecular flexibility index (Phi) is 5.11. The van der Waals surface area contributed by atoms with Crippen molar-refractivity contribution >= 4 is 17.3 Å². The van der Waals surface area contributed by atoms with Crippen LogP contribution in [-0.2, 0) is 6.42 Å².